The molecule has 0 bridgehead atoms. The lowest BCUT2D eigenvalue weighted by molar-refractivity contribution is 0.0163. The van der Waals surface area contributed by atoms with Gasteiger partial charge in [-0.25, -0.2) is 9.18 Å². The number of aliphatic hydroxyl groups excluding tert-OH is 2. The summed E-state index contributed by atoms with van der Waals surface area (Å²) in [5, 5.41) is 22.4. The molecule has 2 unspecified atom stereocenters. The zero-order chi connectivity index (χ0) is 18.2. The smallest absolute Gasteiger partial charge is 0.407 e. The monoisotopic (exact) mass is 349 g/mol. The number of carbonyl (C=O) groups excluding carboxylic acids is 1. The number of methoxy groups -OCH3 is 1. The van der Waals surface area contributed by atoms with Crippen molar-refractivity contribution in [3.05, 3.63) is 65.5 Å². The molecule has 0 heterocycles. The average Bonchev–Trinajstić information content (AvgIpc) is 2.65. The van der Waals surface area contributed by atoms with Gasteiger partial charge in [0.05, 0.1) is 7.11 Å². The molecule has 0 saturated heterocycles. The molecular formula is C18H20FNO5. The molecule has 2 atom stereocenters. The molecule has 0 spiro atoms. The van der Waals surface area contributed by atoms with Crippen molar-refractivity contribution < 1.29 is 28.9 Å². The average molecular weight is 349 g/mol. The predicted octanol–water partition coefficient (Wildman–Crippen LogP) is 2.16. The van der Waals surface area contributed by atoms with E-state index in [2.05, 4.69) is 5.32 Å². The van der Waals surface area contributed by atoms with Crippen LogP contribution < -0.4 is 10.1 Å². The lowest BCUT2D eigenvalue weighted by atomic mass is 10.0. The molecule has 7 heteroatoms. The van der Waals surface area contributed by atoms with E-state index < -0.39 is 24.1 Å². The normalized spacial score (nSPS) is 13.0. The minimum Gasteiger partial charge on any atom is -0.497 e. The quantitative estimate of drug-likeness (QED) is 0.713. The second kappa shape index (κ2) is 9.00. The number of hydrogen-bond acceptors (Lipinski definition) is 5. The Hall–Kier alpha value is -2.64. The Labute approximate surface area is 144 Å². The van der Waals surface area contributed by atoms with Crippen LogP contribution in [0.4, 0.5) is 9.18 Å². The molecular weight excluding hydrogens is 329 g/mol. The van der Waals surface area contributed by atoms with Gasteiger partial charge in [-0.3, -0.25) is 0 Å². The van der Waals surface area contributed by atoms with Gasteiger partial charge in [-0.05, 0) is 23.8 Å². The topological polar surface area (TPSA) is 88.0 Å². The first-order chi connectivity index (χ1) is 12.0. The van der Waals surface area contributed by atoms with Crippen LogP contribution in [0.1, 0.15) is 17.2 Å². The fraction of sp³-hybridized carbons (Fsp3) is 0.278. The van der Waals surface area contributed by atoms with Crippen molar-refractivity contribution in [3.8, 4) is 5.75 Å². The van der Waals surface area contributed by atoms with E-state index in [9.17, 15) is 19.4 Å². The summed E-state index contributed by atoms with van der Waals surface area (Å²) in [5.41, 5.74) is 0.697. The zero-order valence-electron chi connectivity index (χ0n) is 13.7. The number of hydrogen-bond donors (Lipinski definition) is 3. The number of amides is 1. The lowest BCUT2D eigenvalue weighted by Gasteiger charge is -2.19. The lowest BCUT2D eigenvalue weighted by Crippen LogP contribution is -2.36. The molecule has 0 fully saturated rings. The van der Waals surface area contributed by atoms with Crippen LogP contribution in [0.15, 0.2) is 48.5 Å². The molecule has 2 rings (SSSR count). The van der Waals surface area contributed by atoms with Gasteiger partial charge in [0.25, 0.3) is 0 Å². The van der Waals surface area contributed by atoms with Gasteiger partial charge in [0, 0.05) is 12.1 Å². The van der Waals surface area contributed by atoms with Crippen LogP contribution in [-0.4, -0.2) is 36.1 Å². The molecule has 6 nitrogen and oxygen atoms in total. The number of halogens is 1. The summed E-state index contributed by atoms with van der Waals surface area (Å²) in [5.74, 6) is -0.336. The minimum atomic E-state index is -1.52. The van der Waals surface area contributed by atoms with Gasteiger partial charge >= 0.3 is 6.09 Å². The van der Waals surface area contributed by atoms with Crippen molar-refractivity contribution >= 4 is 6.09 Å². The van der Waals surface area contributed by atoms with Crippen molar-refractivity contribution in [1.82, 2.24) is 5.32 Å². The van der Waals surface area contributed by atoms with Crippen LogP contribution in [0.2, 0.25) is 0 Å². The Morgan fingerprint density at radius 2 is 1.92 bits per heavy atom. The maximum atomic E-state index is 13.8. The highest BCUT2D eigenvalue weighted by molar-refractivity contribution is 5.67. The van der Waals surface area contributed by atoms with Crippen molar-refractivity contribution in [2.45, 2.75) is 18.8 Å². The number of alkyl carbamates (subject to hydrolysis) is 1. The van der Waals surface area contributed by atoms with Crippen LogP contribution in [0, 0.1) is 5.82 Å². The fourth-order valence-corrected chi connectivity index (χ4v) is 2.16. The summed E-state index contributed by atoms with van der Waals surface area (Å²) < 4.78 is 23.7. The predicted molar refractivity (Wildman–Crippen MR) is 88.5 cm³/mol. The van der Waals surface area contributed by atoms with Gasteiger partial charge in [-0.2, -0.15) is 0 Å². The maximum absolute atomic E-state index is 13.8. The van der Waals surface area contributed by atoms with Crippen molar-refractivity contribution in [2.24, 2.45) is 0 Å². The van der Waals surface area contributed by atoms with Crippen LogP contribution in [0.25, 0.3) is 0 Å². The summed E-state index contributed by atoms with van der Waals surface area (Å²) in [4.78, 5) is 11.6. The van der Waals surface area contributed by atoms with Crippen molar-refractivity contribution in [2.75, 3.05) is 13.7 Å². The Kier molecular flexibility index (Phi) is 6.73. The van der Waals surface area contributed by atoms with Crippen LogP contribution in [-0.2, 0) is 11.3 Å². The summed E-state index contributed by atoms with van der Waals surface area (Å²) >= 11 is 0. The van der Waals surface area contributed by atoms with E-state index in [-0.39, 0.29) is 18.7 Å². The zero-order valence-corrected chi connectivity index (χ0v) is 13.7. The third-order valence-corrected chi connectivity index (χ3v) is 3.55. The molecule has 0 aliphatic carbocycles. The largest absolute Gasteiger partial charge is 0.497 e. The molecule has 3 N–H and O–H groups in total. The first kappa shape index (κ1) is 18.7. The molecule has 2 aromatic rings. The van der Waals surface area contributed by atoms with Gasteiger partial charge in [0.1, 0.15) is 30.4 Å². The number of carbonyl (C=O) groups is 1. The third-order valence-electron chi connectivity index (χ3n) is 3.55. The highest BCUT2D eigenvalue weighted by Gasteiger charge is 2.23. The first-order valence-corrected chi connectivity index (χ1v) is 7.65. The van der Waals surface area contributed by atoms with Crippen molar-refractivity contribution in [1.29, 1.82) is 0 Å². The summed E-state index contributed by atoms with van der Waals surface area (Å²) in [6.45, 7) is -0.221. The molecule has 2 aromatic carbocycles. The van der Waals surface area contributed by atoms with E-state index in [1.807, 2.05) is 18.2 Å². The third kappa shape index (κ3) is 5.44. The molecule has 0 aromatic heterocycles. The molecule has 25 heavy (non-hydrogen) atoms. The van der Waals surface area contributed by atoms with Crippen LogP contribution in [0.3, 0.4) is 0 Å². The standard InChI is InChI=1S/C18H20FNO5/c1-24-13-7-8-15(19)14(9-13)17(22)16(21)10-20-18(23)25-11-12-5-3-2-4-6-12/h2-9,16-17,21-22H,10-11H2,1H3,(H,20,23). The van der Waals surface area contributed by atoms with Gasteiger partial charge in [-0.15, -0.1) is 0 Å². The van der Waals surface area contributed by atoms with E-state index in [0.29, 0.717) is 5.75 Å². The molecule has 0 aliphatic rings. The van der Waals surface area contributed by atoms with E-state index >= 15 is 0 Å². The van der Waals surface area contributed by atoms with Gasteiger partial charge in [0.2, 0.25) is 0 Å². The Balaban J connectivity index is 1.84. The van der Waals surface area contributed by atoms with E-state index in [1.54, 1.807) is 12.1 Å². The second-order valence-corrected chi connectivity index (χ2v) is 5.34. The highest BCUT2D eigenvalue weighted by atomic mass is 19.1. The molecule has 0 radical (unpaired) electrons. The second-order valence-electron chi connectivity index (χ2n) is 5.34. The summed E-state index contributed by atoms with van der Waals surface area (Å²) in [6, 6.07) is 12.9. The molecule has 134 valence electrons. The number of rotatable bonds is 7. The Morgan fingerprint density at radius 3 is 2.60 bits per heavy atom. The Morgan fingerprint density at radius 1 is 1.20 bits per heavy atom. The van der Waals surface area contributed by atoms with E-state index in [1.165, 1.54) is 19.2 Å². The van der Waals surface area contributed by atoms with Gasteiger partial charge < -0.3 is 25.0 Å². The van der Waals surface area contributed by atoms with Crippen LogP contribution in [0.5, 0.6) is 5.75 Å². The van der Waals surface area contributed by atoms with Crippen molar-refractivity contribution in [3.63, 3.8) is 0 Å². The molecule has 0 saturated carbocycles. The first-order valence-electron chi connectivity index (χ1n) is 7.65. The minimum absolute atomic E-state index is 0.0792. The maximum Gasteiger partial charge on any atom is 0.407 e. The molecule has 0 aliphatic heterocycles. The SMILES string of the molecule is COc1ccc(F)c(C(O)C(O)CNC(=O)OCc2ccccc2)c1. The van der Waals surface area contributed by atoms with E-state index in [0.717, 1.165) is 11.6 Å². The number of ether oxygens (including phenoxy) is 2. The fourth-order valence-electron chi connectivity index (χ4n) is 2.16. The van der Waals surface area contributed by atoms with Gasteiger partial charge in [0.15, 0.2) is 0 Å². The summed E-state index contributed by atoms with van der Waals surface area (Å²) in [6.07, 6.45) is -3.68. The van der Waals surface area contributed by atoms with Crippen LogP contribution >= 0.6 is 0 Å². The summed E-state index contributed by atoms with van der Waals surface area (Å²) in [7, 11) is 1.41. The van der Waals surface area contributed by atoms with E-state index in [4.69, 9.17) is 9.47 Å². The Bertz CT molecular complexity index is 695. The number of nitrogens with one attached hydrogen (secondary N) is 1. The van der Waals surface area contributed by atoms with Gasteiger partial charge in [-0.1, -0.05) is 30.3 Å². The number of aliphatic hydroxyl groups is 2. The molecule has 1 amide bonds. The number of benzene rings is 2. The highest BCUT2D eigenvalue weighted by Crippen LogP contribution is 2.24.